The fraction of sp³-hybridized carbons (Fsp3) is 0.0833. The van der Waals surface area contributed by atoms with Gasteiger partial charge < -0.3 is 4.98 Å². The third-order valence-corrected chi connectivity index (χ3v) is 2.54. The monoisotopic (exact) mass is 226 g/mol. The van der Waals surface area contributed by atoms with Gasteiger partial charge in [0, 0.05) is 18.6 Å². The molecule has 0 saturated carbocycles. The van der Waals surface area contributed by atoms with E-state index >= 15 is 0 Å². The van der Waals surface area contributed by atoms with Crippen molar-refractivity contribution in [2.75, 3.05) is 0 Å². The minimum atomic E-state index is 0.723. The summed E-state index contributed by atoms with van der Waals surface area (Å²) in [5.41, 5.74) is 1.02. The van der Waals surface area contributed by atoms with Crippen LogP contribution in [-0.4, -0.2) is 19.9 Å². The smallest absolute Gasteiger partial charge is 0.323 e. The third-order valence-electron chi connectivity index (χ3n) is 2.54. The third kappa shape index (κ3) is 1.94. The predicted molar refractivity (Wildman–Crippen MR) is 61.9 cm³/mol. The summed E-state index contributed by atoms with van der Waals surface area (Å²) in [5, 5.41) is 0. The summed E-state index contributed by atoms with van der Waals surface area (Å²) in [6, 6.07) is 5.91. The van der Waals surface area contributed by atoms with Crippen LogP contribution in [-0.2, 0) is 6.54 Å². The van der Waals surface area contributed by atoms with Gasteiger partial charge in [-0.25, -0.2) is 14.5 Å². The molecule has 5 nitrogen and oxygen atoms in total. The number of aromatic nitrogens is 5. The Labute approximate surface area is 98.2 Å². The molecule has 0 saturated heterocycles. The van der Waals surface area contributed by atoms with Crippen LogP contribution in [0.4, 0.5) is 0 Å². The summed E-state index contributed by atoms with van der Waals surface area (Å²) in [6.07, 6.45) is 9.21. The second-order valence-electron chi connectivity index (χ2n) is 3.70. The van der Waals surface area contributed by atoms with Gasteiger partial charge in [0.1, 0.15) is 18.9 Å². The van der Waals surface area contributed by atoms with E-state index in [1.54, 1.807) is 18.6 Å². The number of nitrogens with zero attached hydrogens (tertiary/aromatic N) is 3. The SMILES string of the molecule is c1ccc(C[n+]2cc[nH]c2-c2ncc[nH]2)nc1. The second-order valence-corrected chi connectivity index (χ2v) is 3.70. The van der Waals surface area contributed by atoms with Crippen LogP contribution in [0, 0.1) is 0 Å². The van der Waals surface area contributed by atoms with Crippen LogP contribution in [0.1, 0.15) is 5.69 Å². The Balaban J connectivity index is 1.92. The van der Waals surface area contributed by atoms with E-state index in [2.05, 4.69) is 24.5 Å². The van der Waals surface area contributed by atoms with E-state index in [9.17, 15) is 0 Å². The van der Waals surface area contributed by atoms with Crippen molar-refractivity contribution in [2.24, 2.45) is 0 Å². The molecular formula is C12H12N5+. The average molecular weight is 226 g/mol. The Kier molecular flexibility index (Phi) is 2.42. The largest absolute Gasteiger partial charge is 0.338 e. The standard InChI is InChI=1S/C12H11N5/c1-2-4-13-10(3-1)9-17-8-7-16-12(17)11-14-5-6-15-11/h1-8H,9H2,(H,14,15,16)/p+1. The van der Waals surface area contributed by atoms with Gasteiger partial charge in [0.15, 0.2) is 0 Å². The zero-order chi connectivity index (χ0) is 11.5. The minimum Gasteiger partial charge on any atom is -0.338 e. The molecule has 5 heteroatoms. The van der Waals surface area contributed by atoms with Gasteiger partial charge >= 0.3 is 5.82 Å². The van der Waals surface area contributed by atoms with E-state index in [-0.39, 0.29) is 0 Å². The Hall–Kier alpha value is -2.43. The molecule has 0 atom stereocenters. The molecule has 3 heterocycles. The summed E-state index contributed by atoms with van der Waals surface area (Å²) in [6.45, 7) is 0.723. The highest BCUT2D eigenvalue weighted by molar-refractivity contribution is 5.37. The quantitative estimate of drug-likeness (QED) is 0.658. The number of H-pyrrole nitrogens is 2. The number of pyridine rings is 1. The number of rotatable bonds is 3. The van der Waals surface area contributed by atoms with Crippen molar-refractivity contribution in [1.82, 2.24) is 19.9 Å². The lowest BCUT2D eigenvalue weighted by Gasteiger charge is -1.98. The number of hydrogen-bond acceptors (Lipinski definition) is 2. The van der Waals surface area contributed by atoms with Crippen molar-refractivity contribution in [3.8, 4) is 11.6 Å². The van der Waals surface area contributed by atoms with Crippen molar-refractivity contribution in [1.29, 1.82) is 0 Å². The average Bonchev–Trinajstić information content (AvgIpc) is 3.00. The van der Waals surface area contributed by atoms with E-state index in [4.69, 9.17) is 0 Å². The molecule has 0 fully saturated rings. The van der Waals surface area contributed by atoms with Crippen LogP contribution in [0.2, 0.25) is 0 Å². The van der Waals surface area contributed by atoms with Gasteiger partial charge in [0.2, 0.25) is 5.82 Å². The van der Waals surface area contributed by atoms with Crippen molar-refractivity contribution in [3.63, 3.8) is 0 Å². The van der Waals surface area contributed by atoms with Crippen molar-refractivity contribution in [2.45, 2.75) is 6.54 Å². The topological polar surface area (TPSA) is 61.2 Å². The molecule has 0 bridgehead atoms. The van der Waals surface area contributed by atoms with Crippen molar-refractivity contribution in [3.05, 3.63) is 54.9 Å². The maximum atomic E-state index is 4.31. The number of nitrogens with one attached hydrogen (secondary N) is 2. The summed E-state index contributed by atoms with van der Waals surface area (Å²) in [5.74, 6) is 1.77. The Morgan fingerprint density at radius 1 is 1.06 bits per heavy atom. The summed E-state index contributed by atoms with van der Waals surface area (Å²) in [4.78, 5) is 14.8. The van der Waals surface area contributed by atoms with Crippen LogP contribution in [0.5, 0.6) is 0 Å². The van der Waals surface area contributed by atoms with Crippen LogP contribution >= 0.6 is 0 Å². The first-order valence-electron chi connectivity index (χ1n) is 5.40. The van der Waals surface area contributed by atoms with E-state index in [0.717, 1.165) is 23.9 Å². The molecule has 3 aromatic heterocycles. The molecule has 0 radical (unpaired) electrons. The zero-order valence-corrected chi connectivity index (χ0v) is 9.17. The zero-order valence-electron chi connectivity index (χ0n) is 9.17. The predicted octanol–water partition coefficient (Wildman–Crippen LogP) is 1.14. The molecule has 0 spiro atoms. The van der Waals surface area contributed by atoms with Gasteiger partial charge in [0.25, 0.3) is 0 Å². The second kappa shape index (κ2) is 4.21. The lowest BCUT2D eigenvalue weighted by atomic mass is 10.3. The van der Waals surface area contributed by atoms with Crippen LogP contribution < -0.4 is 4.57 Å². The highest BCUT2D eigenvalue weighted by Gasteiger charge is 2.15. The molecule has 0 aliphatic rings. The Morgan fingerprint density at radius 3 is 2.82 bits per heavy atom. The molecule has 0 amide bonds. The molecule has 0 unspecified atom stereocenters. The molecule has 3 rings (SSSR count). The summed E-state index contributed by atoms with van der Waals surface area (Å²) in [7, 11) is 0. The van der Waals surface area contributed by atoms with Gasteiger partial charge in [-0.2, -0.15) is 0 Å². The van der Waals surface area contributed by atoms with Crippen molar-refractivity contribution < 1.29 is 4.57 Å². The van der Waals surface area contributed by atoms with Gasteiger partial charge in [-0.15, -0.1) is 0 Å². The molecule has 0 aliphatic heterocycles. The maximum absolute atomic E-state index is 4.31. The molecule has 0 aromatic carbocycles. The highest BCUT2D eigenvalue weighted by Crippen LogP contribution is 2.05. The fourth-order valence-corrected chi connectivity index (χ4v) is 1.76. The molecule has 3 aromatic rings. The van der Waals surface area contributed by atoms with Crippen LogP contribution in [0.15, 0.2) is 49.2 Å². The molecule has 84 valence electrons. The molecule has 2 N–H and O–H groups in total. The lowest BCUT2D eigenvalue weighted by molar-refractivity contribution is -0.676. The van der Waals surface area contributed by atoms with E-state index in [1.165, 1.54) is 0 Å². The number of aromatic amines is 2. The van der Waals surface area contributed by atoms with Gasteiger partial charge in [-0.1, -0.05) is 6.07 Å². The van der Waals surface area contributed by atoms with Gasteiger partial charge in [-0.3, -0.25) is 4.98 Å². The summed E-state index contributed by atoms with van der Waals surface area (Å²) < 4.78 is 2.07. The molecule has 0 aliphatic carbocycles. The van der Waals surface area contributed by atoms with E-state index < -0.39 is 0 Å². The normalized spacial score (nSPS) is 10.6. The number of imidazole rings is 2. The van der Waals surface area contributed by atoms with Crippen LogP contribution in [0.3, 0.4) is 0 Å². The van der Waals surface area contributed by atoms with Crippen LogP contribution in [0.25, 0.3) is 11.6 Å². The van der Waals surface area contributed by atoms with E-state index in [0.29, 0.717) is 0 Å². The van der Waals surface area contributed by atoms with Gasteiger partial charge in [-0.05, 0) is 12.1 Å². The first-order chi connectivity index (χ1) is 8.43. The Bertz CT molecular complexity index is 582. The minimum absolute atomic E-state index is 0.723. The first kappa shape index (κ1) is 9.77. The maximum Gasteiger partial charge on any atom is 0.323 e. The fourth-order valence-electron chi connectivity index (χ4n) is 1.76. The van der Waals surface area contributed by atoms with Crippen molar-refractivity contribution >= 4 is 0 Å². The van der Waals surface area contributed by atoms with E-state index in [1.807, 2.05) is 30.6 Å². The molecule has 17 heavy (non-hydrogen) atoms. The van der Waals surface area contributed by atoms with Gasteiger partial charge in [0.05, 0.1) is 5.69 Å². The first-order valence-corrected chi connectivity index (χ1v) is 5.40. The molecular weight excluding hydrogens is 214 g/mol. The highest BCUT2D eigenvalue weighted by atomic mass is 15.1. The lowest BCUT2D eigenvalue weighted by Crippen LogP contribution is -2.35. The Morgan fingerprint density at radius 2 is 2.06 bits per heavy atom. The summed E-state index contributed by atoms with van der Waals surface area (Å²) >= 11 is 0. The number of hydrogen-bond donors (Lipinski definition) is 2.